The van der Waals surface area contributed by atoms with E-state index in [-0.39, 0.29) is 11.2 Å². The Balaban J connectivity index is 1.49. The fourth-order valence-corrected chi connectivity index (χ4v) is 2.77. The number of carbonyl (C=O) groups is 1. The van der Waals surface area contributed by atoms with E-state index in [2.05, 4.69) is 15.5 Å². The second-order valence-electron chi connectivity index (χ2n) is 5.13. The molecule has 0 radical (unpaired) electrons. The molecule has 0 fully saturated rings. The topological polar surface area (TPSA) is 81.2 Å². The number of aromatic nitrogens is 2. The predicted molar refractivity (Wildman–Crippen MR) is 91.2 cm³/mol. The zero-order chi connectivity index (χ0) is 16.8. The Morgan fingerprint density at radius 2 is 2.08 bits per heavy atom. The summed E-state index contributed by atoms with van der Waals surface area (Å²) in [6.07, 6.45) is 1.58. The van der Waals surface area contributed by atoms with E-state index in [1.807, 2.05) is 43.3 Å². The van der Waals surface area contributed by atoms with Crippen LogP contribution in [0, 0.1) is 0 Å². The van der Waals surface area contributed by atoms with Crippen LogP contribution in [0.1, 0.15) is 23.8 Å². The molecule has 124 valence electrons. The largest absolute Gasteiger partial charge is 0.467 e. The maximum atomic E-state index is 11.9. The molecule has 3 aromatic rings. The summed E-state index contributed by atoms with van der Waals surface area (Å²) < 4.78 is 10.5. The molecule has 0 aliphatic carbocycles. The second kappa shape index (κ2) is 7.83. The van der Waals surface area contributed by atoms with Crippen LogP contribution in [-0.4, -0.2) is 21.8 Å². The third-order valence-electron chi connectivity index (χ3n) is 3.33. The molecule has 3 rings (SSSR count). The number of hydrogen-bond donors (Lipinski definition) is 1. The first-order valence-electron chi connectivity index (χ1n) is 7.52. The summed E-state index contributed by atoms with van der Waals surface area (Å²) >= 11 is 1.44. The van der Waals surface area contributed by atoms with Crippen molar-refractivity contribution in [3.63, 3.8) is 0 Å². The van der Waals surface area contributed by atoms with Crippen LogP contribution < -0.4 is 5.32 Å². The van der Waals surface area contributed by atoms with Crippen molar-refractivity contribution >= 4 is 17.7 Å². The molecule has 0 aliphatic rings. The van der Waals surface area contributed by atoms with Crippen LogP contribution in [0.15, 0.2) is 57.7 Å². The molecule has 1 N–H and O–H groups in total. The van der Waals surface area contributed by atoms with Crippen molar-refractivity contribution in [2.75, 3.05) is 5.75 Å². The number of hydrogen-bond acceptors (Lipinski definition) is 6. The Bertz CT molecular complexity index is 772. The van der Waals surface area contributed by atoms with Crippen LogP contribution in [0.3, 0.4) is 0 Å². The van der Waals surface area contributed by atoms with Crippen molar-refractivity contribution in [3.8, 4) is 11.4 Å². The number of nitrogens with zero attached hydrogens (tertiary/aromatic N) is 2. The highest BCUT2D eigenvalue weighted by atomic mass is 32.2. The van der Waals surface area contributed by atoms with E-state index >= 15 is 0 Å². The number of rotatable bonds is 7. The highest BCUT2D eigenvalue weighted by molar-refractivity contribution is 8.00. The molecule has 2 aromatic heterocycles. The Labute approximate surface area is 143 Å². The zero-order valence-electron chi connectivity index (χ0n) is 13.1. The molecule has 1 atom stereocenters. The van der Waals surface area contributed by atoms with Gasteiger partial charge in [-0.15, -0.1) is 11.8 Å². The van der Waals surface area contributed by atoms with Gasteiger partial charge in [0, 0.05) is 5.56 Å². The lowest BCUT2D eigenvalue weighted by atomic mass is 10.2. The first kappa shape index (κ1) is 16.3. The minimum Gasteiger partial charge on any atom is -0.467 e. The Morgan fingerprint density at radius 3 is 2.83 bits per heavy atom. The van der Waals surface area contributed by atoms with Gasteiger partial charge in [-0.25, -0.2) is 0 Å². The van der Waals surface area contributed by atoms with Gasteiger partial charge in [0.15, 0.2) is 0 Å². The van der Waals surface area contributed by atoms with Gasteiger partial charge in [0.05, 0.1) is 23.8 Å². The Morgan fingerprint density at radius 1 is 1.25 bits per heavy atom. The van der Waals surface area contributed by atoms with E-state index in [1.54, 1.807) is 12.3 Å². The van der Waals surface area contributed by atoms with Gasteiger partial charge in [-0.05, 0) is 19.1 Å². The average molecular weight is 343 g/mol. The van der Waals surface area contributed by atoms with Gasteiger partial charge >= 0.3 is 0 Å². The molecule has 1 aromatic carbocycles. The van der Waals surface area contributed by atoms with Crippen molar-refractivity contribution in [3.05, 3.63) is 60.4 Å². The third-order valence-corrected chi connectivity index (χ3v) is 4.46. The standard InChI is InChI=1S/C17H17N3O3S/c1-12(24-11-15(21)18-10-14-8-5-9-22-14)17-19-16(20-23-17)13-6-3-2-4-7-13/h2-9,12H,10-11H2,1H3,(H,18,21). The van der Waals surface area contributed by atoms with Gasteiger partial charge in [-0.1, -0.05) is 35.5 Å². The maximum absolute atomic E-state index is 11.9. The summed E-state index contributed by atoms with van der Waals surface area (Å²) in [5, 5.41) is 6.73. The van der Waals surface area contributed by atoms with Gasteiger partial charge < -0.3 is 14.3 Å². The molecule has 0 bridgehead atoms. The van der Waals surface area contributed by atoms with Crippen molar-refractivity contribution in [1.29, 1.82) is 0 Å². The number of furan rings is 1. The highest BCUT2D eigenvalue weighted by Gasteiger charge is 2.17. The van der Waals surface area contributed by atoms with Crippen molar-refractivity contribution in [2.45, 2.75) is 18.7 Å². The minimum absolute atomic E-state index is 0.0638. The quantitative estimate of drug-likeness (QED) is 0.708. The third kappa shape index (κ3) is 4.26. The smallest absolute Gasteiger partial charge is 0.239 e. The van der Waals surface area contributed by atoms with E-state index < -0.39 is 0 Å². The lowest BCUT2D eigenvalue weighted by Crippen LogP contribution is -2.24. The maximum Gasteiger partial charge on any atom is 0.239 e. The molecule has 0 saturated heterocycles. The number of thioether (sulfide) groups is 1. The van der Waals surface area contributed by atoms with Gasteiger partial charge in [0.1, 0.15) is 5.76 Å². The monoisotopic (exact) mass is 343 g/mol. The fraction of sp³-hybridized carbons (Fsp3) is 0.235. The lowest BCUT2D eigenvalue weighted by molar-refractivity contribution is -0.118. The molecule has 1 unspecified atom stereocenters. The van der Waals surface area contributed by atoms with E-state index in [0.29, 0.717) is 24.0 Å². The van der Waals surface area contributed by atoms with Gasteiger partial charge in [0.25, 0.3) is 0 Å². The van der Waals surface area contributed by atoms with Crippen LogP contribution >= 0.6 is 11.8 Å². The van der Waals surface area contributed by atoms with E-state index in [9.17, 15) is 4.79 Å². The molecule has 6 nitrogen and oxygen atoms in total. The molecular weight excluding hydrogens is 326 g/mol. The molecule has 24 heavy (non-hydrogen) atoms. The van der Waals surface area contributed by atoms with Crippen molar-refractivity contribution in [2.24, 2.45) is 0 Å². The van der Waals surface area contributed by atoms with Crippen LogP contribution in [0.2, 0.25) is 0 Å². The number of amides is 1. The number of carbonyl (C=O) groups excluding carboxylic acids is 1. The molecule has 7 heteroatoms. The Kier molecular flexibility index (Phi) is 5.32. The van der Waals surface area contributed by atoms with Crippen LogP contribution in [-0.2, 0) is 11.3 Å². The molecule has 0 aliphatic heterocycles. The zero-order valence-corrected chi connectivity index (χ0v) is 14.0. The summed E-state index contributed by atoms with van der Waals surface area (Å²) in [6, 6.07) is 13.2. The van der Waals surface area contributed by atoms with Gasteiger partial charge in [-0.3, -0.25) is 4.79 Å². The van der Waals surface area contributed by atoms with Gasteiger partial charge in [0.2, 0.25) is 17.6 Å². The first-order chi connectivity index (χ1) is 11.7. The predicted octanol–water partition coefficient (Wildman–Crippen LogP) is 3.44. The average Bonchev–Trinajstić information content (AvgIpc) is 3.30. The first-order valence-corrected chi connectivity index (χ1v) is 8.57. The summed E-state index contributed by atoms with van der Waals surface area (Å²) in [7, 11) is 0. The number of benzene rings is 1. The number of nitrogens with one attached hydrogen (secondary N) is 1. The normalized spacial score (nSPS) is 12.0. The summed E-state index contributed by atoms with van der Waals surface area (Å²) in [5.41, 5.74) is 0.904. The SMILES string of the molecule is CC(SCC(=O)NCc1ccco1)c1nc(-c2ccccc2)no1. The summed E-state index contributed by atoms with van der Waals surface area (Å²) in [4.78, 5) is 16.3. The fourth-order valence-electron chi connectivity index (χ4n) is 2.03. The van der Waals surface area contributed by atoms with Crippen molar-refractivity contribution < 1.29 is 13.7 Å². The van der Waals surface area contributed by atoms with Crippen LogP contribution in [0.4, 0.5) is 0 Å². The highest BCUT2D eigenvalue weighted by Crippen LogP contribution is 2.28. The molecular formula is C17H17N3O3S. The second-order valence-corrected chi connectivity index (χ2v) is 6.46. The van der Waals surface area contributed by atoms with Crippen LogP contribution in [0.5, 0.6) is 0 Å². The molecule has 0 saturated carbocycles. The van der Waals surface area contributed by atoms with Crippen molar-refractivity contribution in [1.82, 2.24) is 15.5 Å². The van der Waals surface area contributed by atoms with E-state index in [0.717, 1.165) is 11.3 Å². The summed E-state index contributed by atoms with van der Waals surface area (Å²) in [6.45, 7) is 2.33. The van der Waals surface area contributed by atoms with E-state index in [4.69, 9.17) is 8.94 Å². The molecule has 1 amide bonds. The van der Waals surface area contributed by atoms with Crippen LogP contribution in [0.25, 0.3) is 11.4 Å². The van der Waals surface area contributed by atoms with E-state index in [1.165, 1.54) is 11.8 Å². The Hall–Kier alpha value is -2.54. The minimum atomic E-state index is -0.0654. The molecule has 2 heterocycles. The molecule has 0 spiro atoms. The lowest BCUT2D eigenvalue weighted by Gasteiger charge is -2.06. The summed E-state index contributed by atoms with van der Waals surface area (Å²) in [5.74, 6) is 2.04. The van der Waals surface area contributed by atoms with Gasteiger partial charge in [-0.2, -0.15) is 4.98 Å².